The second kappa shape index (κ2) is 5.57. The molecule has 1 aromatic rings. The van der Waals surface area contributed by atoms with E-state index in [4.69, 9.17) is 5.11 Å². The second-order valence-electron chi connectivity index (χ2n) is 4.30. The Balaban J connectivity index is 2.10. The fourth-order valence-corrected chi connectivity index (χ4v) is 1.98. The predicted octanol–water partition coefficient (Wildman–Crippen LogP) is 1.19. The maximum absolute atomic E-state index is 12.1. The van der Waals surface area contributed by atoms with Gasteiger partial charge in [-0.05, 0) is 12.8 Å². The van der Waals surface area contributed by atoms with Gasteiger partial charge >= 0.3 is 5.97 Å². The van der Waals surface area contributed by atoms with Crippen molar-refractivity contribution >= 4 is 11.9 Å². The summed E-state index contributed by atoms with van der Waals surface area (Å²) in [5.41, 5.74) is 0.0596. The van der Waals surface area contributed by atoms with Crippen LogP contribution in [0.5, 0.6) is 0 Å². The lowest BCUT2D eigenvalue weighted by molar-refractivity contribution is 0.0685. The van der Waals surface area contributed by atoms with E-state index in [-0.39, 0.29) is 17.3 Å². The van der Waals surface area contributed by atoms with Crippen molar-refractivity contribution in [2.24, 2.45) is 0 Å². The molecule has 96 valence electrons. The maximum Gasteiger partial charge on any atom is 0.356 e. The van der Waals surface area contributed by atoms with E-state index in [0.29, 0.717) is 0 Å². The van der Waals surface area contributed by atoms with E-state index in [0.717, 1.165) is 45.0 Å². The zero-order chi connectivity index (χ0) is 13.0. The number of aromatic nitrogens is 2. The molecular weight excluding hydrogens is 234 g/mol. The van der Waals surface area contributed by atoms with Crippen LogP contribution in [0.1, 0.15) is 46.7 Å². The van der Waals surface area contributed by atoms with Crippen LogP contribution in [0.15, 0.2) is 12.4 Å². The van der Waals surface area contributed by atoms with E-state index in [1.54, 1.807) is 4.90 Å². The van der Waals surface area contributed by atoms with Gasteiger partial charge in [0.2, 0.25) is 0 Å². The molecule has 1 aliphatic heterocycles. The van der Waals surface area contributed by atoms with Gasteiger partial charge in [-0.1, -0.05) is 12.8 Å². The normalized spacial score (nSPS) is 16.1. The van der Waals surface area contributed by atoms with Crippen molar-refractivity contribution in [1.29, 1.82) is 0 Å². The third-order valence-corrected chi connectivity index (χ3v) is 2.98. The summed E-state index contributed by atoms with van der Waals surface area (Å²) in [6.07, 6.45) is 6.66. The molecule has 1 aliphatic rings. The molecule has 1 amide bonds. The number of carboxylic acid groups (broad SMARTS) is 1. The first-order valence-electron chi connectivity index (χ1n) is 6.03. The van der Waals surface area contributed by atoms with E-state index in [2.05, 4.69) is 9.97 Å². The predicted molar refractivity (Wildman–Crippen MR) is 63.4 cm³/mol. The average Bonchev–Trinajstić information content (AvgIpc) is 2.67. The highest BCUT2D eigenvalue weighted by Crippen LogP contribution is 2.12. The van der Waals surface area contributed by atoms with Crippen molar-refractivity contribution in [1.82, 2.24) is 14.9 Å². The van der Waals surface area contributed by atoms with Crippen LogP contribution in [-0.4, -0.2) is 44.9 Å². The Kier molecular flexibility index (Phi) is 3.86. The first kappa shape index (κ1) is 12.5. The van der Waals surface area contributed by atoms with E-state index in [1.807, 2.05) is 0 Å². The van der Waals surface area contributed by atoms with Gasteiger partial charge < -0.3 is 10.0 Å². The smallest absolute Gasteiger partial charge is 0.356 e. The summed E-state index contributed by atoms with van der Waals surface area (Å²) in [6.45, 7) is 1.47. The van der Waals surface area contributed by atoms with Gasteiger partial charge in [0.1, 0.15) is 5.69 Å². The quantitative estimate of drug-likeness (QED) is 0.851. The molecule has 0 saturated carbocycles. The summed E-state index contributed by atoms with van der Waals surface area (Å²) in [5.74, 6) is -1.31. The highest BCUT2D eigenvalue weighted by Gasteiger charge is 2.19. The Morgan fingerprint density at radius 3 is 2.06 bits per heavy atom. The second-order valence-corrected chi connectivity index (χ2v) is 4.30. The molecule has 0 atom stereocenters. The Bertz CT molecular complexity index is 436. The lowest BCUT2D eigenvalue weighted by Crippen LogP contribution is -2.32. The summed E-state index contributed by atoms with van der Waals surface area (Å²) in [7, 11) is 0. The molecule has 0 aliphatic carbocycles. The van der Waals surface area contributed by atoms with Crippen LogP contribution in [0.4, 0.5) is 0 Å². The van der Waals surface area contributed by atoms with Gasteiger partial charge in [-0.15, -0.1) is 0 Å². The number of carbonyl (C=O) groups excluding carboxylic acids is 1. The van der Waals surface area contributed by atoms with Crippen LogP contribution in [0.3, 0.4) is 0 Å². The fraction of sp³-hybridized carbons (Fsp3) is 0.500. The van der Waals surface area contributed by atoms with Crippen molar-refractivity contribution < 1.29 is 14.7 Å². The minimum Gasteiger partial charge on any atom is -0.476 e. The van der Waals surface area contributed by atoms with Gasteiger partial charge in [-0.2, -0.15) is 0 Å². The van der Waals surface area contributed by atoms with Crippen molar-refractivity contribution in [2.45, 2.75) is 25.7 Å². The van der Waals surface area contributed by atoms with Crippen LogP contribution in [0, 0.1) is 0 Å². The summed E-state index contributed by atoms with van der Waals surface area (Å²) in [4.78, 5) is 32.1. The highest BCUT2D eigenvalue weighted by molar-refractivity contribution is 5.92. The number of likely N-dealkylation sites (tertiary alicyclic amines) is 1. The average molecular weight is 249 g/mol. The number of hydrogen-bond donors (Lipinski definition) is 1. The molecular formula is C12H15N3O3. The summed E-state index contributed by atoms with van der Waals surface area (Å²) in [6, 6.07) is 0. The minimum atomic E-state index is -1.14. The Morgan fingerprint density at radius 1 is 1.00 bits per heavy atom. The summed E-state index contributed by atoms with van der Waals surface area (Å²) in [5, 5.41) is 8.70. The first-order chi connectivity index (χ1) is 8.68. The highest BCUT2D eigenvalue weighted by atomic mass is 16.4. The molecule has 6 nitrogen and oxygen atoms in total. The molecule has 2 heterocycles. The van der Waals surface area contributed by atoms with Gasteiger partial charge in [0.25, 0.3) is 5.91 Å². The Hall–Kier alpha value is -1.98. The topological polar surface area (TPSA) is 83.4 Å². The Labute approximate surface area is 105 Å². The molecule has 0 aromatic carbocycles. The molecule has 1 aromatic heterocycles. The van der Waals surface area contributed by atoms with E-state index < -0.39 is 5.97 Å². The molecule has 0 spiro atoms. The molecule has 1 fully saturated rings. The minimum absolute atomic E-state index is 0.151. The third-order valence-electron chi connectivity index (χ3n) is 2.98. The number of carboxylic acids is 1. The number of nitrogens with zero attached hydrogens (tertiary/aromatic N) is 3. The van der Waals surface area contributed by atoms with Crippen molar-refractivity contribution in [3.05, 3.63) is 23.8 Å². The third kappa shape index (κ3) is 2.82. The molecule has 1 N–H and O–H groups in total. The molecule has 18 heavy (non-hydrogen) atoms. The van der Waals surface area contributed by atoms with Gasteiger partial charge in [0, 0.05) is 13.1 Å². The standard InChI is InChI=1S/C12H15N3O3/c16-11(15-5-3-1-2-4-6-15)9-7-14-10(8-13-9)12(17)18/h7-8H,1-6H2,(H,17,18). The molecule has 0 bridgehead atoms. The molecule has 1 saturated heterocycles. The largest absolute Gasteiger partial charge is 0.476 e. The number of rotatable bonds is 2. The van der Waals surface area contributed by atoms with E-state index in [9.17, 15) is 9.59 Å². The van der Waals surface area contributed by atoms with Crippen LogP contribution in [-0.2, 0) is 0 Å². The number of hydrogen-bond acceptors (Lipinski definition) is 4. The van der Waals surface area contributed by atoms with E-state index in [1.165, 1.54) is 6.20 Å². The first-order valence-corrected chi connectivity index (χ1v) is 6.03. The van der Waals surface area contributed by atoms with Gasteiger partial charge in [-0.3, -0.25) is 4.79 Å². The van der Waals surface area contributed by atoms with Crippen LogP contribution < -0.4 is 0 Å². The molecule has 6 heteroatoms. The van der Waals surface area contributed by atoms with E-state index >= 15 is 0 Å². The number of carbonyl (C=O) groups is 2. The van der Waals surface area contributed by atoms with Gasteiger partial charge in [0.15, 0.2) is 5.69 Å². The van der Waals surface area contributed by atoms with Crippen molar-refractivity contribution in [3.63, 3.8) is 0 Å². The number of amides is 1. The molecule has 2 rings (SSSR count). The number of aromatic carboxylic acids is 1. The van der Waals surface area contributed by atoms with Crippen molar-refractivity contribution in [2.75, 3.05) is 13.1 Å². The maximum atomic E-state index is 12.1. The zero-order valence-corrected chi connectivity index (χ0v) is 10.0. The van der Waals surface area contributed by atoms with Crippen LogP contribution >= 0.6 is 0 Å². The lowest BCUT2D eigenvalue weighted by Gasteiger charge is -2.19. The molecule has 0 radical (unpaired) electrons. The summed E-state index contributed by atoms with van der Waals surface area (Å²) < 4.78 is 0. The lowest BCUT2D eigenvalue weighted by atomic mass is 10.2. The zero-order valence-electron chi connectivity index (χ0n) is 10.0. The monoisotopic (exact) mass is 249 g/mol. The molecule has 0 unspecified atom stereocenters. The fourth-order valence-electron chi connectivity index (χ4n) is 1.98. The summed E-state index contributed by atoms with van der Waals surface area (Å²) >= 11 is 0. The van der Waals surface area contributed by atoms with Gasteiger partial charge in [-0.25, -0.2) is 14.8 Å². The Morgan fingerprint density at radius 2 is 1.56 bits per heavy atom. The SMILES string of the molecule is O=C(O)c1cnc(C(=O)N2CCCCCC2)cn1. The van der Waals surface area contributed by atoms with Crippen LogP contribution in [0.25, 0.3) is 0 Å². The van der Waals surface area contributed by atoms with Crippen LogP contribution in [0.2, 0.25) is 0 Å². The van der Waals surface area contributed by atoms with Crippen molar-refractivity contribution in [3.8, 4) is 0 Å². The van der Waals surface area contributed by atoms with Gasteiger partial charge in [0.05, 0.1) is 12.4 Å².